The number of hydrogen-bond acceptors (Lipinski definition) is 18. The lowest BCUT2D eigenvalue weighted by Crippen LogP contribution is -2.61. The van der Waals surface area contributed by atoms with E-state index in [4.69, 9.17) is 26.5 Å². The van der Waals surface area contributed by atoms with E-state index < -0.39 is 192 Å². The van der Waals surface area contributed by atoms with Crippen LogP contribution in [0.1, 0.15) is 152 Å². The van der Waals surface area contributed by atoms with Crippen molar-refractivity contribution in [3.05, 3.63) is 0 Å². The third kappa shape index (κ3) is 26.7. The largest absolute Gasteiger partial charge is 0.481 e. The number of carbonyl (C=O) groups is 16. The van der Waals surface area contributed by atoms with E-state index in [9.17, 15) is 82.1 Å². The van der Waals surface area contributed by atoms with Crippen molar-refractivity contribution in [1.82, 2.24) is 63.0 Å². The number of primary amides is 1. The van der Waals surface area contributed by atoms with Crippen molar-refractivity contribution in [3.63, 3.8) is 0 Å². The van der Waals surface area contributed by atoms with Gasteiger partial charge >= 0.3 is 17.9 Å². The van der Waals surface area contributed by atoms with Gasteiger partial charge in [-0.25, -0.2) is 4.79 Å². The summed E-state index contributed by atoms with van der Waals surface area (Å²) >= 11 is 0. The molecule has 518 valence electrons. The summed E-state index contributed by atoms with van der Waals surface area (Å²) in [6, 6.07) is -15.6. The third-order valence-electron chi connectivity index (χ3n) is 15.2. The molecule has 0 bridgehead atoms. The van der Waals surface area contributed by atoms with Crippen LogP contribution in [0.4, 0.5) is 0 Å². The Kier molecular flexibility index (Phi) is 33.7. The average Bonchev–Trinajstić information content (AvgIpc) is 1.66. The van der Waals surface area contributed by atoms with Gasteiger partial charge in [0.25, 0.3) is 5.97 Å². The van der Waals surface area contributed by atoms with E-state index >= 15 is 0 Å². The van der Waals surface area contributed by atoms with Crippen molar-refractivity contribution in [3.8, 4) is 0 Å². The van der Waals surface area contributed by atoms with E-state index in [1.807, 2.05) is 5.32 Å². The third-order valence-corrected chi connectivity index (χ3v) is 15.2. The highest BCUT2D eigenvalue weighted by molar-refractivity contribution is 6.00. The number of nitrogens with two attached hydrogens (primary N) is 2. The Morgan fingerprint density at radius 2 is 0.989 bits per heavy atom. The molecule has 0 aromatic rings. The Labute approximate surface area is 533 Å². The minimum atomic E-state index is -1.95. The molecular weight excluding hydrogens is 1210 g/mol. The number of unbranched alkanes of at least 4 members (excludes halogenated alkanes) is 1. The molecule has 0 unspecified atom stereocenters. The molecule has 3 heterocycles. The highest BCUT2D eigenvalue weighted by Crippen LogP contribution is 2.24. The van der Waals surface area contributed by atoms with Gasteiger partial charge in [-0.15, -0.1) is 0 Å². The number of amides is 12. The van der Waals surface area contributed by atoms with E-state index in [0.29, 0.717) is 32.2 Å². The summed E-state index contributed by atoms with van der Waals surface area (Å²) in [5.74, 6) is -16.7. The number of carbonyl (C=O) groups excluding carboxylic acids is 12. The number of nitrogens with one attached hydrogen (secondary N) is 10. The maximum absolute atomic E-state index is 14.5. The topological polar surface area (TPSA) is 533 Å². The van der Waals surface area contributed by atoms with Crippen LogP contribution < -0.4 is 64.6 Å². The van der Waals surface area contributed by atoms with Gasteiger partial charge < -0.3 is 94.9 Å². The number of nitrogens with zero attached hydrogens (tertiary/aromatic N) is 2. The van der Waals surface area contributed by atoms with E-state index in [1.54, 1.807) is 41.5 Å². The molecule has 92 heavy (non-hydrogen) atoms. The van der Waals surface area contributed by atoms with Crippen LogP contribution in [-0.2, 0) is 76.7 Å². The number of rotatable bonds is 36. The number of carboxylic acids is 4. The Bertz CT molecular complexity index is 2650. The summed E-state index contributed by atoms with van der Waals surface area (Å²) in [7, 11) is 0. The van der Waals surface area contributed by atoms with Gasteiger partial charge in [-0.3, -0.25) is 71.9 Å². The zero-order valence-corrected chi connectivity index (χ0v) is 53.8. The molecule has 0 aromatic carbocycles. The van der Waals surface area contributed by atoms with Crippen molar-refractivity contribution in [1.29, 1.82) is 0 Å². The van der Waals surface area contributed by atoms with E-state index in [-0.39, 0.29) is 70.0 Å². The standard InChI is InChI=1S/C56H92N14O18.C2H4O2/c1-27(2)24-35(50(81)67-43(28(3)4)53(84)62-33(14-9-10-20-57)48(79)64-36(25-40(58)71)49(80)66-37(56(87)88)26-42(74)75)65-51(82)38-16-13-23-70(38)55(86)44(29(5)6)68-52(83)39-17-12-22-69(39)54(85)34(18-19-41(72)73)63-46(77)31(8)60-45(76)30(7)61-47(78)32-15-11-21-59-32;1-2(3)4/h27-39,43-44,59H,9-26,57H2,1-8H3,(H2,58,71)(H,60,76)(H,61,78)(H,62,84)(H,63,77)(H,64,79)(H,65,82)(H,66,80)(H,67,81)(H,68,83)(H,72,73)(H,74,75)(H,87,88);1H3,(H,3,4)/t30-,31-,32-,33-,34-,35-,36-,37-,38-,39-,43-,44-;/m0./s1. The predicted octanol–water partition coefficient (Wildman–Crippen LogP) is -4.00. The Balaban J connectivity index is 0.00000699. The summed E-state index contributed by atoms with van der Waals surface area (Å²) in [5, 5.41) is 61.2. The quantitative estimate of drug-likeness (QED) is 0.0266. The predicted molar refractivity (Wildman–Crippen MR) is 325 cm³/mol. The maximum atomic E-state index is 14.5. The van der Waals surface area contributed by atoms with Crippen LogP contribution >= 0.6 is 0 Å². The zero-order chi connectivity index (χ0) is 69.9. The molecular formula is C58H96N14O20. The van der Waals surface area contributed by atoms with Crippen molar-refractivity contribution in [2.45, 2.75) is 225 Å². The van der Waals surface area contributed by atoms with Crippen LogP contribution in [-0.4, -0.2) is 224 Å². The fraction of sp³-hybridized carbons (Fsp3) is 0.724. The van der Waals surface area contributed by atoms with Crippen LogP contribution in [0.15, 0.2) is 0 Å². The van der Waals surface area contributed by atoms with E-state index in [0.717, 1.165) is 13.3 Å². The number of hydrogen-bond donors (Lipinski definition) is 16. The molecule has 3 fully saturated rings. The molecule has 34 heteroatoms. The normalized spacial score (nSPS) is 18.9. The second kappa shape index (κ2) is 39.0. The lowest BCUT2D eigenvalue weighted by molar-refractivity contribution is -0.147. The van der Waals surface area contributed by atoms with Gasteiger partial charge in [-0.1, -0.05) is 41.5 Å². The Morgan fingerprint density at radius 1 is 0.489 bits per heavy atom. The van der Waals surface area contributed by atoms with Crippen molar-refractivity contribution in [2.75, 3.05) is 26.2 Å². The lowest BCUT2D eigenvalue weighted by Gasteiger charge is -2.33. The molecule has 12 amide bonds. The SMILES string of the molecule is CC(=O)O.CC(C)C[C@H](NC(=O)[C@@H]1CCCN1C(=O)[C@@H](NC(=O)[C@@H]1CCCN1C(=O)[C@H](CCC(=O)O)NC(=O)[C@H](C)NC(=O)[C@H](C)NC(=O)[C@@H]1CCCN1)C(C)C)C(=O)N[C@H](C(=O)N[C@@H](CCCCN)C(=O)N[C@@H](CC(N)=O)C(=O)N[C@@H](CC(=O)O)C(=O)O)C(C)C. The Morgan fingerprint density at radius 3 is 1.49 bits per heavy atom. The van der Waals surface area contributed by atoms with Crippen LogP contribution in [0.5, 0.6) is 0 Å². The molecule has 0 aromatic heterocycles. The van der Waals surface area contributed by atoms with Crippen molar-refractivity contribution < 1.29 is 97.1 Å². The van der Waals surface area contributed by atoms with Gasteiger partial charge in [0.15, 0.2) is 0 Å². The van der Waals surface area contributed by atoms with Crippen LogP contribution in [0.2, 0.25) is 0 Å². The number of carboxylic acid groups (broad SMARTS) is 4. The second-order valence-electron chi connectivity index (χ2n) is 24.2. The Hall–Kier alpha value is -8.56. The van der Waals surface area contributed by atoms with Crippen LogP contribution in [0.25, 0.3) is 0 Å². The molecule has 3 rings (SSSR count). The highest BCUT2D eigenvalue weighted by atomic mass is 16.4. The second-order valence-corrected chi connectivity index (χ2v) is 24.2. The number of aliphatic carboxylic acids is 4. The summed E-state index contributed by atoms with van der Waals surface area (Å²) in [6.07, 6.45) is 0.129. The summed E-state index contributed by atoms with van der Waals surface area (Å²) < 4.78 is 0. The fourth-order valence-corrected chi connectivity index (χ4v) is 10.4. The molecule has 3 aliphatic rings. The van der Waals surface area contributed by atoms with Crippen molar-refractivity contribution in [2.24, 2.45) is 29.2 Å². The zero-order valence-electron chi connectivity index (χ0n) is 53.8. The fourth-order valence-electron chi connectivity index (χ4n) is 10.4. The van der Waals surface area contributed by atoms with E-state index in [2.05, 4.69) is 47.9 Å². The van der Waals surface area contributed by atoms with Crippen molar-refractivity contribution >= 4 is 94.8 Å². The molecule has 12 atom stereocenters. The van der Waals surface area contributed by atoms with Gasteiger partial charge in [0, 0.05) is 26.4 Å². The first kappa shape index (κ1) is 79.5. The molecule has 0 aliphatic carbocycles. The molecule has 34 nitrogen and oxygen atoms in total. The summed E-state index contributed by atoms with van der Waals surface area (Å²) in [6.45, 7) is 14.9. The molecule has 0 radical (unpaired) electrons. The first-order valence-corrected chi connectivity index (χ1v) is 30.9. The van der Waals surface area contributed by atoms with Gasteiger partial charge in [0.05, 0.1) is 18.9 Å². The lowest BCUT2D eigenvalue weighted by atomic mass is 9.98. The first-order chi connectivity index (χ1) is 43.0. The molecule has 18 N–H and O–H groups in total. The summed E-state index contributed by atoms with van der Waals surface area (Å²) in [5.41, 5.74) is 11.0. The van der Waals surface area contributed by atoms with Crippen LogP contribution in [0.3, 0.4) is 0 Å². The molecule has 3 aliphatic heterocycles. The summed E-state index contributed by atoms with van der Waals surface area (Å²) in [4.78, 5) is 210. The minimum Gasteiger partial charge on any atom is -0.481 e. The maximum Gasteiger partial charge on any atom is 0.326 e. The van der Waals surface area contributed by atoms with Crippen LogP contribution in [0, 0.1) is 17.8 Å². The van der Waals surface area contributed by atoms with Gasteiger partial charge in [0.1, 0.15) is 66.5 Å². The molecule has 0 spiro atoms. The van der Waals surface area contributed by atoms with Gasteiger partial charge in [-0.05, 0) is 115 Å². The van der Waals surface area contributed by atoms with E-state index in [1.165, 1.54) is 23.6 Å². The first-order valence-electron chi connectivity index (χ1n) is 30.9. The van der Waals surface area contributed by atoms with Gasteiger partial charge in [-0.2, -0.15) is 0 Å². The monoisotopic (exact) mass is 1310 g/mol. The average molecular weight is 1310 g/mol. The minimum absolute atomic E-state index is 0.0331. The number of likely N-dealkylation sites (tertiary alicyclic amines) is 2. The molecule has 3 saturated heterocycles. The molecule has 0 saturated carbocycles. The van der Waals surface area contributed by atoms with Gasteiger partial charge in [0.2, 0.25) is 70.9 Å². The highest BCUT2D eigenvalue weighted by Gasteiger charge is 2.44. The smallest absolute Gasteiger partial charge is 0.326 e.